The number of hydrogen-bond donors (Lipinski definition) is 0. The van der Waals surface area contributed by atoms with Gasteiger partial charge in [-0.1, -0.05) is 6.04 Å². The zero-order valence-electron chi connectivity index (χ0n) is 4.76. The van der Waals surface area contributed by atoms with Crippen LogP contribution in [0.1, 0.15) is 13.8 Å². The van der Waals surface area contributed by atoms with Crippen molar-refractivity contribution in [2.75, 3.05) is 0 Å². The summed E-state index contributed by atoms with van der Waals surface area (Å²) in [6, 6.07) is 0.231. The van der Waals surface area contributed by atoms with E-state index in [-0.39, 0.29) is 24.9 Å². The van der Waals surface area contributed by atoms with Crippen LogP contribution in [0.2, 0.25) is 0 Å². The van der Waals surface area contributed by atoms with Crippen molar-refractivity contribution in [3.05, 3.63) is 16.2 Å². The predicted octanol–water partition coefficient (Wildman–Crippen LogP) is -2.16. The second-order valence-corrected chi connectivity index (χ2v) is 1.20. The molecule has 0 heterocycles. The summed E-state index contributed by atoms with van der Waals surface area (Å²) in [5, 5.41) is 9.47. The van der Waals surface area contributed by atoms with Crippen LogP contribution in [0.4, 0.5) is 0 Å². The van der Waals surface area contributed by atoms with Gasteiger partial charge in [0.05, 0.1) is 0 Å². The van der Waals surface area contributed by atoms with Crippen molar-refractivity contribution in [3.63, 3.8) is 0 Å². The van der Waals surface area contributed by atoms with Crippen LogP contribution in [0.25, 0.3) is 0 Å². The molecule has 0 saturated heterocycles. The second-order valence-electron chi connectivity index (χ2n) is 1.20. The Morgan fingerprint density at radius 3 is 1.71 bits per heavy atom. The molecule has 0 spiro atoms. The quantitative estimate of drug-likeness (QED) is 0.161. The zero-order valence-corrected chi connectivity index (χ0v) is 4.76. The minimum atomic E-state index is -0.417. The van der Waals surface area contributed by atoms with Crippen LogP contribution in [0, 0.1) is 16.2 Å². The van der Waals surface area contributed by atoms with Gasteiger partial charge in [0.1, 0.15) is 0 Å². The fourth-order valence-electron chi connectivity index (χ4n) is 0. The molecule has 0 aromatic rings. The monoisotopic (exact) mass is 95.1 g/mol. The summed E-state index contributed by atoms with van der Waals surface area (Å²) in [4.78, 5) is 9.05. The van der Waals surface area contributed by atoms with Gasteiger partial charge in [0.25, 0.3) is 0 Å². The molecule has 7 heavy (non-hydrogen) atoms. The molecule has 0 N–H and O–H groups in total. The van der Waals surface area contributed by atoms with Crippen LogP contribution in [-0.4, -0.2) is 4.92 Å². The van der Waals surface area contributed by atoms with Crippen molar-refractivity contribution in [3.8, 4) is 0 Å². The van der Waals surface area contributed by atoms with Gasteiger partial charge in [-0.3, -0.25) is 10.1 Å². The van der Waals surface area contributed by atoms with E-state index in [2.05, 4.69) is 0 Å². The van der Waals surface area contributed by atoms with Crippen LogP contribution in [0.3, 0.4) is 0 Å². The summed E-state index contributed by atoms with van der Waals surface area (Å²) in [5.74, 6) is 0. The van der Waals surface area contributed by atoms with Gasteiger partial charge in [-0.2, -0.15) is 0 Å². The third kappa shape index (κ3) is 5.87. The third-order valence-electron chi connectivity index (χ3n) is 0.365. The van der Waals surface area contributed by atoms with E-state index in [1.165, 1.54) is 13.8 Å². The standard InChI is InChI=1S/C3H6NO2.Li/c1-3(2)4(5)6;/h1-2H3;/q-1;+1. The normalized spacial score (nSPS) is 6.57. The Kier molecular flexibility index (Phi) is 5.76. The molecule has 0 atom stereocenters. The summed E-state index contributed by atoms with van der Waals surface area (Å²) < 4.78 is 0. The van der Waals surface area contributed by atoms with E-state index in [0.717, 1.165) is 0 Å². The van der Waals surface area contributed by atoms with Crippen LogP contribution in [0.15, 0.2) is 0 Å². The molecule has 0 aliphatic rings. The van der Waals surface area contributed by atoms with E-state index in [0.29, 0.717) is 0 Å². The van der Waals surface area contributed by atoms with Gasteiger partial charge < -0.3 is 0 Å². The minimum absolute atomic E-state index is 0. The molecule has 0 aromatic carbocycles. The van der Waals surface area contributed by atoms with Gasteiger partial charge in [0, 0.05) is 0 Å². The molecule has 0 rings (SSSR count). The molecule has 0 saturated carbocycles. The molecule has 0 aromatic heterocycles. The average molecular weight is 95.0 g/mol. The molecule has 0 radical (unpaired) electrons. The summed E-state index contributed by atoms with van der Waals surface area (Å²) in [7, 11) is 0. The molecule has 0 amide bonds. The number of hydrogen-bond acceptors (Lipinski definition) is 2. The van der Waals surface area contributed by atoms with E-state index in [9.17, 15) is 10.1 Å². The van der Waals surface area contributed by atoms with Gasteiger partial charge in [0.15, 0.2) is 0 Å². The Bertz CT molecular complexity index is 64.0. The van der Waals surface area contributed by atoms with Crippen molar-refractivity contribution in [1.82, 2.24) is 0 Å². The Morgan fingerprint density at radius 2 is 1.71 bits per heavy atom. The second kappa shape index (κ2) is 4.04. The maximum absolute atomic E-state index is 9.47. The number of rotatable bonds is 1. The van der Waals surface area contributed by atoms with Crippen molar-refractivity contribution in [1.29, 1.82) is 0 Å². The largest absolute Gasteiger partial charge is 1.00 e. The predicted molar refractivity (Wildman–Crippen MR) is 21.6 cm³/mol. The number of nitrogens with zero attached hydrogens (tertiary/aromatic N) is 1. The first-order chi connectivity index (χ1) is 2.64. The molecule has 36 valence electrons. The first-order valence-corrected chi connectivity index (χ1v) is 1.59. The molecule has 0 aliphatic carbocycles. The third-order valence-corrected chi connectivity index (χ3v) is 0.365. The van der Waals surface area contributed by atoms with E-state index < -0.39 is 4.92 Å². The van der Waals surface area contributed by atoms with Gasteiger partial charge in [-0.25, -0.2) is 0 Å². The first kappa shape index (κ1) is 9.98. The van der Waals surface area contributed by atoms with E-state index in [1.807, 2.05) is 0 Å². The molecular weight excluding hydrogens is 89.0 g/mol. The van der Waals surface area contributed by atoms with Gasteiger partial charge in [0.2, 0.25) is 0 Å². The van der Waals surface area contributed by atoms with E-state index in [1.54, 1.807) is 0 Å². The molecular formula is C3H6LiNO2. The molecule has 0 fully saturated rings. The molecule has 4 heteroatoms. The molecule has 0 bridgehead atoms. The number of nitro groups is 1. The maximum atomic E-state index is 9.47. The summed E-state index contributed by atoms with van der Waals surface area (Å²) in [6.45, 7) is 2.92. The summed E-state index contributed by atoms with van der Waals surface area (Å²) >= 11 is 0. The minimum Gasteiger partial charge on any atom is -0.295 e. The van der Waals surface area contributed by atoms with Crippen LogP contribution in [0.5, 0.6) is 0 Å². The fraction of sp³-hybridized carbons (Fsp3) is 0.667. The van der Waals surface area contributed by atoms with Crippen molar-refractivity contribution in [2.45, 2.75) is 13.8 Å². The molecule has 3 nitrogen and oxygen atoms in total. The van der Waals surface area contributed by atoms with Crippen LogP contribution in [-0.2, 0) is 0 Å². The topological polar surface area (TPSA) is 43.1 Å². The van der Waals surface area contributed by atoms with E-state index >= 15 is 0 Å². The Balaban J connectivity index is 0. The Labute approximate surface area is 54.4 Å². The van der Waals surface area contributed by atoms with E-state index in [4.69, 9.17) is 0 Å². The zero-order chi connectivity index (χ0) is 5.15. The molecule has 0 unspecified atom stereocenters. The maximum Gasteiger partial charge on any atom is 1.00 e. The van der Waals surface area contributed by atoms with Gasteiger partial charge in [-0.05, 0) is 0 Å². The Morgan fingerprint density at radius 1 is 1.57 bits per heavy atom. The van der Waals surface area contributed by atoms with Crippen LogP contribution >= 0.6 is 0 Å². The van der Waals surface area contributed by atoms with Crippen molar-refractivity contribution >= 4 is 0 Å². The smallest absolute Gasteiger partial charge is 0.295 e. The van der Waals surface area contributed by atoms with Crippen LogP contribution < -0.4 is 18.9 Å². The van der Waals surface area contributed by atoms with Crippen molar-refractivity contribution in [2.24, 2.45) is 0 Å². The fourth-order valence-corrected chi connectivity index (χ4v) is 0. The van der Waals surface area contributed by atoms with Crippen molar-refractivity contribution < 1.29 is 23.8 Å². The Hall–Kier alpha value is -0.133. The first-order valence-electron chi connectivity index (χ1n) is 1.59. The van der Waals surface area contributed by atoms with Gasteiger partial charge in [-0.15, -0.1) is 18.8 Å². The van der Waals surface area contributed by atoms with Gasteiger partial charge >= 0.3 is 18.9 Å². The average Bonchev–Trinajstić information content (AvgIpc) is 1.36. The SMILES string of the molecule is C[C-](C)[N+](=O)[O-].[Li+]. The summed E-state index contributed by atoms with van der Waals surface area (Å²) in [6.07, 6.45) is 0. The summed E-state index contributed by atoms with van der Waals surface area (Å²) in [5.41, 5.74) is 0. The molecule has 0 aliphatic heterocycles.